The van der Waals surface area contributed by atoms with Crippen molar-refractivity contribution in [2.24, 2.45) is 0 Å². The number of phosphoric acid groups is 1. The van der Waals surface area contributed by atoms with E-state index in [-0.39, 0.29) is 0 Å². The second-order valence-corrected chi connectivity index (χ2v) is 7.90. The molecule has 6 nitrogen and oxygen atoms in total. The number of ether oxygens (including phenoxy) is 1. The number of quaternary nitrogens is 1. The van der Waals surface area contributed by atoms with Crippen molar-refractivity contribution in [3.63, 3.8) is 0 Å². The molecule has 1 aromatic carbocycles. The van der Waals surface area contributed by atoms with Crippen LogP contribution in [0.5, 0.6) is 0 Å². The molecule has 2 unspecified atom stereocenters. The summed E-state index contributed by atoms with van der Waals surface area (Å²) in [6.45, 7) is 1.05. The zero-order valence-corrected chi connectivity index (χ0v) is 15.5. The van der Waals surface area contributed by atoms with Crippen LogP contribution in [0.15, 0.2) is 36.6 Å². The van der Waals surface area contributed by atoms with Gasteiger partial charge in [0, 0.05) is 0 Å². The summed E-state index contributed by atoms with van der Waals surface area (Å²) in [5.74, 6) is 0. The lowest BCUT2D eigenvalue weighted by molar-refractivity contribution is -0.873. The van der Waals surface area contributed by atoms with E-state index in [9.17, 15) is 9.46 Å². The van der Waals surface area contributed by atoms with Gasteiger partial charge in [0.15, 0.2) is 0 Å². The van der Waals surface area contributed by atoms with Crippen LogP contribution in [0.4, 0.5) is 0 Å². The Morgan fingerprint density at radius 2 is 1.92 bits per heavy atom. The minimum atomic E-state index is -4.71. The van der Waals surface area contributed by atoms with E-state index in [2.05, 4.69) is 0 Å². The maximum atomic E-state index is 11.0. The van der Waals surface area contributed by atoms with Crippen LogP contribution < -0.4 is 4.89 Å². The van der Waals surface area contributed by atoms with Gasteiger partial charge < -0.3 is 23.5 Å². The molecule has 0 aliphatic carbocycles. The molecule has 136 valence electrons. The highest BCUT2D eigenvalue weighted by Gasteiger charge is 2.22. The van der Waals surface area contributed by atoms with Gasteiger partial charge in [0.25, 0.3) is 7.82 Å². The summed E-state index contributed by atoms with van der Waals surface area (Å²) < 4.78 is 21.7. The number of hydrogen-bond donors (Lipinski definition) is 1. The molecule has 0 aromatic heterocycles. The van der Waals surface area contributed by atoms with Crippen LogP contribution >= 0.6 is 7.82 Å². The average molecular weight is 357 g/mol. The highest BCUT2D eigenvalue weighted by molar-refractivity contribution is 7.44. The van der Waals surface area contributed by atoms with Crippen molar-refractivity contribution >= 4 is 13.9 Å². The number of benzene rings is 1. The second kappa shape index (κ2) is 9.97. The van der Waals surface area contributed by atoms with Crippen molar-refractivity contribution in [3.8, 4) is 0 Å². The minimum Gasteiger partial charge on any atom is -0.756 e. The van der Waals surface area contributed by atoms with Gasteiger partial charge in [-0.3, -0.25) is 4.57 Å². The molecule has 2 atom stereocenters. The fraction of sp³-hybridized carbons (Fsp3) is 0.529. The van der Waals surface area contributed by atoms with Gasteiger partial charge in [0.05, 0.1) is 34.0 Å². The van der Waals surface area contributed by atoms with E-state index in [1.165, 1.54) is 0 Å². The van der Waals surface area contributed by atoms with Crippen LogP contribution in [0.1, 0.15) is 24.8 Å². The monoisotopic (exact) mass is 357 g/mol. The summed E-state index contributed by atoms with van der Waals surface area (Å²) in [4.78, 5) is 19.9. The standard InChI is InChI=1S/C17H28NO5P/c1-18(2,3)15-17(23-24(19,20)21)11-7-8-13-22-14-12-16-9-5-4-6-10-16/h4-6,9-10,12,14,17H,7-8,11,13,15H2,1-3H3,(H-,19,20,21). The zero-order valence-electron chi connectivity index (χ0n) is 14.6. The number of rotatable bonds is 11. The van der Waals surface area contributed by atoms with Gasteiger partial charge in [-0.25, -0.2) is 0 Å². The van der Waals surface area contributed by atoms with Gasteiger partial charge in [0.2, 0.25) is 0 Å². The molecular formula is C17H28NO5P. The van der Waals surface area contributed by atoms with Gasteiger partial charge in [-0.1, -0.05) is 30.3 Å². The number of hydrogen-bond acceptors (Lipinski definition) is 4. The highest BCUT2D eigenvalue weighted by atomic mass is 31.2. The Labute approximate surface area is 144 Å². The molecule has 0 spiro atoms. The number of phosphoric ester groups is 1. The van der Waals surface area contributed by atoms with Gasteiger partial charge in [-0.05, 0) is 30.9 Å². The first-order chi connectivity index (χ1) is 11.2. The van der Waals surface area contributed by atoms with E-state index in [0.717, 1.165) is 18.4 Å². The van der Waals surface area contributed by atoms with Crippen LogP contribution in [-0.4, -0.2) is 49.8 Å². The van der Waals surface area contributed by atoms with Gasteiger partial charge in [-0.2, -0.15) is 0 Å². The zero-order chi connectivity index (χ0) is 18.1. The predicted octanol–water partition coefficient (Wildman–Crippen LogP) is 2.40. The summed E-state index contributed by atoms with van der Waals surface area (Å²) in [6.07, 6.45) is 5.11. The Kier molecular flexibility index (Phi) is 8.67. The highest BCUT2D eigenvalue weighted by Crippen LogP contribution is 2.34. The van der Waals surface area contributed by atoms with Crippen LogP contribution in [0.25, 0.3) is 6.08 Å². The molecular weight excluding hydrogens is 329 g/mol. The molecule has 0 heterocycles. The maximum Gasteiger partial charge on any atom is 0.265 e. The van der Waals surface area contributed by atoms with Crippen molar-refractivity contribution in [1.82, 2.24) is 0 Å². The maximum absolute atomic E-state index is 11.0. The summed E-state index contributed by atoms with van der Waals surface area (Å²) in [6, 6.07) is 9.86. The van der Waals surface area contributed by atoms with Crippen LogP contribution in [0.3, 0.4) is 0 Å². The lowest BCUT2D eigenvalue weighted by atomic mass is 10.1. The molecule has 0 amide bonds. The molecule has 24 heavy (non-hydrogen) atoms. The Morgan fingerprint density at radius 3 is 2.50 bits per heavy atom. The molecule has 0 saturated carbocycles. The number of unbranched alkanes of at least 4 members (excludes halogenated alkanes) is 1. The van der Waals surface area contributed by atoms with E-state index in [1.54, 1.807) is 6.26 Å². The number of likely N-dealkylation sites (N-methyl/N-ethyl adjacent to an activating group) is 1. The fourth-order valence-electron chi connectivity index (χ4n) is 2.29. The van der Waals surface area contributed by atoms with Gasteiger partial charge >= 0.3 is 0 Å². The Bertz CT molecular complexity index is 536. The lowest BCUT2D eigenvalue weighted by Gasteiger charge is -2.31. The van der Waals surface area contributed by atoms with Crippen molar-refractivity contribution in [3.05, 3.63) is 42.2 Å². The molecule has 1 rings (SSSR count). The molecule has 1 aromatic rings. The predicted molar refractivity (Wildman–Crippen MR) is 92.9 cm³/mol. The quantitative estimate of drug-likeness (QED) is 0.285. The average Bonchev–Trinajstić information content (AvgIpc) is 2.44. The summed E-state index contributed by atoms with van der Waals surface area (Å²) in [5, 5.41) is 0. The first kappa shape index (κ1) is 20.9. The lowest BCUT2D eigenvalue weighted by Crippen LogP contribution is -2.42. The molecule has 0 aliphatic heterocycles. The first-order valence-corrected chi connectivity index (χ1v) is 9.51. The Hall–Kier alpha value is -1.17. The molecule has 0 radical (unpaired) electrons. The summed E-state index contributed by atoms with van der Waals surface area (Å²) in [7, 11) is 1.13. The van der Waals surface area contributed by atoms with E-state index in [1.807, 2.05) is 57.6 Å². The van der Waals surface area contributed by atoms with Crippen molar-refractivity contribution < 1.29 is 28.1 Å². The third-order valence-electron chi connectivity index (χ3n) is 3.23. The van der Waals surface area contributed by atoms with Gasteiger partial charge in [-0.15, -0.1) is 0 Å². The molecule has 0 saturated heterocycles. The Morgan fingerprint density at radius 1 is 1.25 bits per heavy atom. The van der Waals surface area contributed by atoms with Crippen molar-refractivity contribution in [1.29, 1.82) is 0 Å². The Balaban J connectivity index is 2.27. The third-order valence-corrected chi connectivity index (χ3v) is 3.79. The molecule has 0 bridgehead atoms. The van der Waals surface area contributed by atoms with Crippen LogP contribution in [0, 0.1) is 0 Å². The second-order valence-electron chi connectivity index (χ2n) is 6.75. The normalized spacial score (nSPS) is 16.0. The largest absolute Gasteiger partial charge is 0.756 e. The van der Waals surface area contributed by atoms with E-state index < -0.39 is 13.9 Å². The molecule has 0 aliphatic rings. The van der Waals surface area contributed by atoms with Crippen molar-refractivity contribution in [2.45, 2.75) is 25.4 Å². The topological polar surface area (TPSA) is 78.8 Å². The summed E-state index contributed by atoms with van der Waals surface area (Å²) in [5.41, 5.74) is 1.07. The SMILES string of the molecule is C[N+](C)(C)CC(CCCCOC=Cc1ccccc1)OP(=O)([O-])O. The van der Waals surface area contributed by atoms with Crippen LogP contribution in [0.2, 0.25) is 0 Å². The fourth-order valence-corrected chi connectivity index (χ4v) is 2.84. The summed E-state index contributed by atoms with van der Waals surface area (Å²) >= 11 is 0. The van der Waals surface area contributed by atoms with Crippen molar-refractivity contribution in [2.75, 3.05) is 34.3 Å². The van der Waals surface area contributed by atoms with Crippen LogP contribution in [-0.2, 0) is 13.8 Å². The van der Waals surface area contributed by atoms with E-state index in [0.29, 0.717) is 24.1 Å². The third kappa shape index (κ3) is 11.4. The van der Waals surface area contributed by atoms with E-state index >= 15 is 0 Å². The van der Waals surface area contributed by atoms with Gasteiger partial charge in [0.1, 0.15) is 12.6 Å². The van der Waals surface area contributed by atoms with E-state index in [4.69, 9.17) is 14.2 Å². The molecule has 1 N–H and O–H groups in total. The minimum absolute atomic E-state index is 0.502. The smallest absolute Gasteiger partial charge is 0.265 e. The number of nitrogens with zero attached hydrogens (tertiary/aromatic N) is 1. The first-order valence-electron chi connectivity index (χ1n) is 8.01. The molecule has 7 heteroatoms. The molecule has 0 fully saturated rings.